The largest absolute Gasteiger partial charge is 0.311 e. The normalized spacial score (nSPS) is 41.1. The summed E-state index contributed by atoms with van der Waals surface area (Å²) >= 11 is 0. The van der Waals surface area contributed by atoms with Gasteiger partial charge in [0.25, 0.3) is 0 Å². The van der Waals surface area contributed by atoms with Crippen LogP contribution in [0.25, 0.3) is 0 Å². The summed E-state index contributed by atoms with van der Waals surface area (Å²) in [6.07, 6.45) is 8.31. The zero-order valence-corrected chi connectivity index (χ0v) is 11.9. The number of hydrogen-bond donors (Lipinski definition) is 1. The summed E-state index contributed by atoms with van der Waals surface area (Å²) in [5.41, 5.74) is 0. The fraction of sp³-hybridized carbons (Fsp3) is 1.00. The molecule has 2 heteroatoms. The Bertz CT molecular complexity index is 227. The van der Waals surface area contributed by atoms with Gasteiger partial charge in [-0.3, -0.25) is 0 Å². The van der Waals surface area contributed by atoms with E-state index in [1.165, 1.54) is 51.6 Å². The maximum atomic E-state index is 3.94. The molecule has 0 bridgehead atoms. The molecule has 1 N–H and O–H groups in total. The van der Waals surface area contributed by atoms with Crippen molar-refractivity contribution < 1.29 is 0 Å². The molecule has 0 radical (unpaired) electrons. The highest BCUT2D eigenvalue weighted by Crippen LogP contribution is 2.30. The molecule has 0 amide bonds. The molecule has 4 unspecified atom stereocenters. The minimum Gasteiger partial charge on any atom is -0.311 e. The number of nitrogens with one attached hydrogen (secondary N) is 1. The molecule has 2 fully saturated rings. The maximum absolute atomic E-state index is 3.94. The molecule has 1 aliphatic heterocycles. The molecule has 17 heavy (non-hydrogen) atoms. The van der Waals surface area contributed by atoms with Crippen LogP contribution in [-0.4, -0.2) is 37.1 Å². The third kappa shape index (κ3) is 3.96. The molecule has 1 saturated heterocycles. The fourth-order valence-electron chi connectivity index (χ4n) is 3.44. The van der Waals surface area contributed by atoms with Crippen molar-refractivity contribution in [2.45, 2.75) is 64.5 Å². The van der Waals surface area contributed by atoms with E-state index in [4.69, 9.17) is 0 Å². The first kappa shape index (κ1) is 13.4. The van der Waals surface area contributed by atoms with Gasteiger partial charge in [0.15, 0.2) is 0 Å². The number of hydrogen-bond acceptors (Lipinski definition) is 2. The van der Waals surface area contributed by atoms with E-state index in [-0.39, 0.29) is 0 Å². The monoisotopic (exact) mass is 238 g/mol. The highest BCUT2D eigenvalue weighted by molar-refractivity contribution is 4.84. The number of nitrogens with zero attached hydrogens (tertiary/aromatic N) is 1. The van der Waals surface area contributed by atoms with E-state index in [1.807, 2.05) is 0 Å². The summed E-state index contributed by atoms with van der Waals surface area (Å²) < 4.78 is 0. The molecular formula is C15H30N2. The lowest BCUT2D eigenvalue weighted by Crippen LogP contribution is -2.42. The van der Waals surface area contributed by atoms with E-state index in [1.54, 1.807) is 0 Å². The Morgan fingerprint density at radius 3 is 2.47 bits per heavy atom. The molecule has 0 spiro atoms. The number of rotatable bonds is 2. The van der Waals surface area contributed by atoms with Crippen molar-refractivity contribution >= 4 is 0 Å². The molecule has 2 aliphatic rings. The Morgan fingerprint density at radius 2 is 1.71 bits per heavy atom. The lowest BCUT2D eigenvalue weighted by atomic mass is 9.79. The molecule has 1 saturated carbocycles. The van der Waals surface area contributed by atoms with Gasteiger partial charge >= 0.3 is 0 Å². The summed E-state index contributed by atoms with van der Waals surface area (Å²) in [7, 11) is 2.26. The van der Waals surface area contributed by atoms with Crippen LogP contribution in [0.5, 0.6) is 0 Å². The van der Waals surface area contributed by atoms with Crippen LogP contribution < -0.4 is 5.32 Å². The summed E-state index contributed by atoms with van der Waals surface area (Å²) in [4.78, 5) is 2.48. The quantitative estimate of drug-likeness (QED) is 0.796. The van der Waals surface area contributed by atoms with E-state index in [9.17, 15) is 0 Å². The van der Waals surface area contributed by atoms with Crippen LogP contribution in [0.1, 0.15) is 52.4 Å². The second kappa shape index (κ2) is 6.19. The zero-order chi connectivity index (χ0) is 12.3. The third-order valence-electron chi connectivity index (χ3n) is 5.02. The molecule has 0 aromatic carbocycles. The Labute approximate surface area is 107 Å². The van der Waals surface area contributed by atoms with Crippen molar-refractivity contribution in [1.29, 1.82) is 0 Å². The van der Waals surface area contributed by atoms with Gasteiger partial charge in [0.1, 0.15) is 0 Å². The minimum absolute atomic E-state index is 0.783. The van der Waals surface area contributed by atoms with E-state index in [0.29, 0.717) is 0 Å². The molecule has 2 nitrogen and oxygen atoms in total. The summed E-state index contributed by atoms with van der Waals surface area (Å²) in [6.45, 7) is 7.41. The lowest BCUT2D eigenvalue weighted by Gasteiger charge is -2.35. The molecular weight excluding hydrogens is 208 g/mol. The SMILES string of the molecule is CC1CCC(NC2CCCN(C)CC2)CC1C. The fourth-order valence-corrected chi connectivity index (χ4v) is 3.44. The van der Waals surface area contributed by atoms with E-state index in [0.717, 1.165) is 23.9 Å². The lowest BCUT2D eigenvalue weighted by molar-refractivity contribution is 0.210. The second-order valence-electron chi connectivity index (χ2n) is 6.56. The van der Waals surface area contributed by atoms with Gasteiger partial charge in [-0.25, -0.2) is 0 Å². The first-order valence-electron chi connectivity index (χ1n) is 7.59. The topological polar surface area (TPSA) is 15.3 Å². The highest BCUT2D eigenvalue weighted by Gasteiger charge is 2.26. The van der Waals surface area contributed by atoms with Gasteiger partial charge in [0.05, 0.1) is 0 Å². The average Bonchev–Trinajstić information content (AvgIpc) is 2.49. The van der Waals surface area contributed by atoms with Crippen molar-refractivity contribution in [3.63, 3.8) is 0 Å². The Hall–Kier alpha value is -0.0800. The Balaban J connectivity index is 1.76. The highest BCUT2D eigenvalue weighted by atomic mass is 15.1. The summed E-state index contributed by atoms with van der Waals surface area (Å²) in [5.74, 6) is 1.85. The Kier molecular flexibility index (Phi) is 4.87. The van der Waals surface area contributed by atoms with Crippen LogP contribution >= 0.6 is 0 Å². The second-order valence-corrected chi connectivity index (χ2v) is 6.56. The average molecular weight is 238 g/mol. The van der Waals surface area contributed by atoms with Gasteiger partial charge < -0.3 is 10.2 Å². The molecule has 0 aromatic rings. The number of likely N-dealkylation sites (tertiary alicyclic amines) is 1. The van der Waals surface area contributed by atoms with E-state index < -0.39 is 0 Å². The van der Waals surface area contributed by atoms with Crippen molar-refractivity contribution in [2.75, 3.05) is 20.1 Å². The molecule has 2 rings (SSSR count). The molecule has 1 aliphatic carbocycles. The van der Waals surface area contributed by atoms with Crippen LogP contribution in [0.15, 0.2) is 0 Å². The summed E-state index contributed by atoms with van der Waals surface area (Å²) in [6, 6.07) is 1.58. The van der Waals surface area contributed by atoms with Gasteiger partial charge in [0, 0.05) is 12.1 Å². The maximum Gasteiger partial charge on any atom is 0.00823 e. The smallest absolute Gasteiger partial charge is 0.00823 e. The predicted molar refractivity (Wildman–Crippen MR) is 74.2 cm³/mol. The van der Waals surface area contributed by atoms with Gasteiger partial charge in [-0.2, -0.15) is 0 Å². The van der Waals surface area contributed by atoms with Crippen LogP contribution in [0.2, 0.25) is 0 Å². The standard InChI is InChI=1S/C15H30N2/c1-12-6-7-15(11-13(12)2)16-14-5-4-9-17(3)10-8-14/h12-16H,4-11H2,1-3H3. The molecule has 1 heterocycles. The zero-order valence-electron chi connectivity index (χ0n) is 11.9. The summed E-state index contributed by atoms with van der Waals surface area (Å²) in [5, 5.41) is 3.94. The van der Waals surface area contributed by atoms with Crippen molar-refractivity contribution in [1.82, 2.24) is 10.2 Å². The van der Waals surface area contributed by atoms with Gasteiger partial charge in [0.2, 0.25) is 0 Å². The third-order valence-corrected chi connectivity index (χ3v) is 5.02. The molecule has 4 atom stereocenters. The van der Waals surface area contributed by atoms with Gasteiger partial charge in [-0.15, -0.1) is 0 Å². The minimum atomic E-state index is 0.783. The van der Waals surface area contributed by atoms with Crippen molar-refractivity contribution in [2.24, 2.45) is 11.8 Å². The first-order valence-corrected chi connectivity index (χ1v) is 7.59. The van der Waals surface area contributed by atoms with Crippen molar-refractivity contribution in [3.8, 4) is 0 Å². The van der Waals surface area contributed by atoms with Crippen LogP contribution in [-0.2, 0) is 0 Å². The van der Waals surface area contributed by atoms with Gasteiger partial charge in [-0.1, -0.05) is 13.8 Å². The van der Waals surface area contributed by atoms with E-state index >= 15 is 0 Å². The van der Waals surface area contributed by atoms with Crippen LogP contribution in [0.3, 0.4) is 0 Å². The molecule has 100 valence electrons. The van der Waals surface area contributed by atoms with Crippen LogP contribution in [0, 0.1) is 11.8 Å². The van der Waals surface area contributed by atoms with E-state index in [2.05, 4.69) is 31.1 Å². The first-order chi connectivity index (χ1) is 8.15. The molecule has 0 aromatic heterocycles. The Morgan fingerprint density at radius 1 is 0.882 bits per heavy atom. The predicted octanol–water partition coefficient (Wildman–Crippen LogP) is 2.89. The van der Waals surface area contributed by atoms with Crippen molar-refractivity contribution in [3.05, 3.63) is 0 Å². The van der Waals surface area contributed by atoms with Crippen LogP contribution in [0.4, 0.5) is 0 Å². The van der Waals surface area contributed by atoms with Gasteiger partial charge in [-0.05, 0) is 70.5 Å².